The fraction of sp³-hybridized carbons (Fsp3) is 0.600. The minimum absolute atomic E-state index is 0.253. The lowest BCUT2D eigenvalue weighted by Crippen LogP contribution is -2.45. The van der Waals surface area contributed by atoms with E-state index in [4.69, 9.17) is 0 Å². The van der Waals surface area contributed by atoms with E-state index in [1.54, 1.807) is 0 Å². The number of aliphatic hydroxyl groups excluding tert-OH is 1. The molecule has 2 unspecified atom stereocenters. The highest BCUT2D eigenvalue weighted by atomic mass is 16.3. The first kappa shape index (κ1) is 14.0. The van der Waals surface area contributed by atoms with Crippen LogP contribution in [0.5, 0.6) is 0 Å². The molecule has 0 radical (unpaired) electrons. The number of amidine groups is 1. The van der Waals surface area contributed by atoms with Crippen LogP contribution in [-0.2, 0) is 6.42 Å². The van der Waals surface area contributed by atoms with Gasteiger partial charge in [0, 0.05) is 6.20 Å². The van der Waals surface area contributed by atoms with Crippen molar-refractivity contribution in [2.75, 3.05) is 0 Å². The van der Waals surface area contributed by atoms with Crippen molar-refractivity contribution < 1.29 is 5.11 Å². The maximum Gasteiger partial charge on any atom is 0.151 e. The summed E-state index contributed by atoms with van der Waals surface area (Å²) in [6.07, 6.45) is 2.19. The summed E-state index contributed by atoms with van der Waals surface area (Å²) in [5, 5.41) is 13.3. The third-order valence-electron chi connectivity index (χ3n) is 4.12. The monoisotopic (exact) mass is 261 g/mol. The smallest absolute Gasteiger partial charge is 0.151 e. The zero-order valence-corrected chi connectivity index (χ0v) is 12.4. The largest absolute Gasteiger partial charge is 0.371 e. The van der Waals surface area contributed by atoms with Gasteiger partial charge in [-0.2, -0.15) is 0 Å². The van der Waals surface area contributed by atoms with Gasteiger partial charge in [0.2, 0.25) is 0 Å². The molecule has 2 N–H and O–H groups in total. The Labute approximate surface area is 115 Å². The van der Waals surface area contributed by atoms with Gasteiger partial charge in [-0.1, -0.05) is 26.8 Å². The molecule has 2 atom stereocenters. The van der Waals surface area contributed by atoms with Gasteiger partial charge in [-0.3, -0.25) is 9.98 Å². The number of aromatic nitrogens is 1. The minimum atomic E-state index is -0.658. The van der Waals surface area contributed by atoms with E-state index in [0.717, 1.165) is 17.7 Å². The van der Waals surface area contributed by atoms with Crippen molar-refractivity contribution in [1.82, 2.24) is 10.3 Å². The van der Waals surface area contributed by atoms with Crippen LogP contribution in [0.2, 0.25) is 0 Å². The van der Waals surface area contributed by atoms with Gasteiger partial charge in [0.05, 0.1) is 0 Å². The maximum absolute atomic E-state index is 10.2. The molecule has 19 heavy (non-hydrogen) atoms. The van der Waals surface area contributed by atoms with E-state index in [-0.39, 0.29) is 5.92 Å². The van der Waals surface area contributed by atoms with Crippen molar-refractivity contribution in [3.05, 3.63) is 29.1 Å². The van der Waals surface area contributed by atoms with E-state index in [1.165, 1.54) is 5.56 Å². The van der Waals surface area contributed by atoms with Crippen LogP contribution in [-0.4, -0.2) is 27.7 Å². The van der Waals surface area contributed by atoms with E-state index in [0.29, 0.717) is 5.84 Å². The Morgan fingerprint density at radius 1 is 1.47 bits per heavy atom. The van der Waals surface area contributed by atoms with Gasteiger partial charge in [0.25, 0.3) is 0 Å². The second-order valence-electron chi connectivity index (χ2n) is 5.75. The highest BCUT2D eigenvalue weighted by Gasteiger charge is 2.42. The average Bonchev–Trinajstić information content (AvgIpc) is 2.66. The highest BCUT2D eigenvalue weighted by molar-refractivity contribution is 6.00. The lowest BCUT2D eigenvalue weighted by atomic mass is 9.88. The van der Waals surface area contributed by atoms with Crippen molar-refractivity contribution in [2.45, 2.75) is 52.8 Å². The third kappa shape index (κ3) is 2.37. The van der Waals surface area contributed by atoms with E-state index >= 15 is 0 Å². The van der Waals surface area contributed by atoms with Crippen LogP contribution in [0.15, 0.2) is 17.3 Å². The quantitative estimate of drug-likeness (QED) is 0.875. The van der Waals surface area contributed by atoms with Gasteiger partial charge in [0.1, 0.15) is 17.1 Å². The fourth-order valence-electron chi connectivity index (χ4n) is 2.25. The summed E-state index contributed by atoms with van der Waals surface area (Å²) in [4.78, 5) is 9.17. The average molecular weight is 261 g/mol. The van der Waals surface area contributed by atoms with Crippen molar-refractivity contribution in [2.24, 2.45) is 10.9 Å². The number of hydrogen-bond acceptors (Lipinski definition) is 4. The highest BCUT2D eigenvalue weighted by Crippen LogP contribution is 2.29. The number of aryl methyl sites for hydroxylation is 2. The molecule has 0 saturated heterocycles. The molecule has 0 saturated carbocycles. The molecule has 4 nitrogen and oxygen atoms in total. The zero-order valence-electron chi connectivity index (χ0n) is 12.4. The number of hydrogen-bond donors (Lipinski definition) is 2. The molecule has 1 aromatic heterocycles. The summed E-state index contributed by atoms with van der Waals surface area (Å²) in [6.45, 7) is 10.2. The van der Waals surface area contributed by atoms with E-state index in [9.17, 15) is 5.11 Å². The van der Waals surface area contributed by atoms with E-state index in [2.05, 4.69) is 42.1 Å². The molecular formula is C15H23N3O. The second-order valence-corrected chi connectivity index (χ2v) is 5.75. The van der Waals surface area contributed by atoms with Crippen LogP contribution in [0.1, 0.15) is 44.5 Å². The van der Waals surface area contributed by atoms with Gasteiger partial charge in [0.15, 0.2) is 6.23 Å². The van der Waals surface area contributed by atoms with Crippen LogP contribution in [0.3, 0.4) is 0 Å². The van der Waals surface area contributed by atoms with Crippen molar-refractivity contribution in [3.63, 3.8) is 0 Å². The first-order valence-corrected chi connectivity index (χ1v) is 6.88. The Kier molecular flexibility index (Phi) is 3.63. The number of aliphatic hydroxyl groups is 1. The number of nitrogens with zero attached hydrogens (tertiary/aromatic N) is 2. The zero-order chi connectivity index (χ0) is 14.2. The molecular weight excluding hydrogens is 238 g/mol. The van der Waals surface area contributed by atoms with Gasteiger partial charge < -0.3 is 10.4 Å². The molecule has 0 bridgehead atoms. The summed E-state index contributed by atoms with van der Waals surface area (Å²) >= 11 is 0. The first-order chi connectivity index (χ1) is 8.88. The molecule has 0 fully saturated rings. The normalized spacial score (nSPS) is 26.5. The molecule has 2 heterocycles. The number of nitrogens with one attached hydrogen (secondary N) is 1. The summed E-state index contributed by atoms with van der Waals surface area (Å²) in [5.41, 5.74) is 2.64. The molecule has 2 rings (SSSR count). The van der Waals surface area contributed by atoms with Crippen LogP contribution < -0.4 is 5.32 Å². The van der Waals surface area contributed by atoms with Gasteiger partial charge in [-0.15, -0.1) is 0 Å². The Bertz CT molecular complexity index is 510. The third-order valence-corrected chi connectivity index (χ3v) is 4.12. The molecule has 104 valence electrons. The van der Waals surface area contributed by atoms with Crippen LogP contribution in [0, 0.1) is 12.8 Å². The van der Waals surface area contributed by atoms with Crippen LogP contribution in [0.4, 0.5) is 0 Å². The van der Waals surface area contributed by atoms with Crippen molar-refractivity contribution in [1.29, 1.82) is 0 Å². The summed E-state index contributed by atoms with van der Waals surface area (Å²) < 4.78 is 0. The standard InChI is InChI=1S/C15H23N3O/c1-6-11-7-10(4)12(16-8-11)13-17-14(19)15(5,18-13)9(2)3/h7-9,14,19H,6H2,1-5H3,(H,17,18). The predicted molar refractivity (Wildman–Crippen MR) is 77.3 cm³/mol. The maximum atomic E-state index is 10.2. The Hall–Kier alpha value is -1.42. The van der Waals surface area contributed by atoms with E-state index < -0.39 is 11.8 Å². The van der Waals surface area contributed by atoms with Crippen LogP contribution in [0.25, 0.3) is 0 Å². The molecule has 1 aliphatic heterocycles. The van der Waals surface area contributed by atoms with Crippen LogP contribution >= 0.6 is 0 Å². The molecule has 0 aromatic carbocycles. The lowest BCUT2D eigenvalue weighted by Gasteiger charge is -2.28. The molecule has 0 aliphatic carbocycles. The van der Waals surface area contributed by atoms with Gasteiger partial charge >= 0.3 is 0 Å². The Balaban J connectivity index is 2.39. The molecule has 1 aliphatic rings. The minimum Gasteiger partial charge on any atom is -0.371 e. The number of aliphatic imine (C=N–C) groups is 1. The Morgan fingerprint density at radius 2 is 2.16 bits per heavy atom. The summed E-state index contributed by atoms with van der Waals surface area (Å²) in [6, 6.07) is 2.13. The van der Waals surface area contributed by atoms with Crippen molar-refractivity contribution >= 4 is 5.84 Å². The molecule has 1 aromatic rings. The second kappa shape index (κ2) is 4.93. The molecule has 0 spiro atoms. The summed E-state index contributed by atoms with van der Waals surface area (Å²) in [7, 11) is 0. The topological polar surface area (TPSA) is 57.5 Å². The molecule has 4 heteroatoms. The SMILES string of the molecule is CCc1cnc(C2=NC(C)(C(C)C)C(O)N2)c(C)c1. The fourth-order valence-corrected chi connectivity index (χ4v) is 2.25. The Morgan fingerprint density at radius 3 is 2.63 bits per heavy atom. The van der Waals surface area contributed by atoms with Gasteiger partial charge in [-0.25, -0.2) is 0 Å². The number of pyridine rings is 1. The van der Waals surface area contributed by atoms with Gasteiger partial charge in [-0.05, 0) is 37.3 Å². The number of rotatable bonds is 3. The predicted octanol–water partition coefficient (Wildman–Crippen LogP) is 2.04. The molecule has 0 amide bonds. The van der Waals surface area contributed by atoms with E-state index in [1.807, 2.05) is 20.0 Å². The lowest BCUT2D eigenvalue weighted by molar-refractivity contribution is 0.0702. The van der Waals surface area contributed by atoms with Crippen molar-refractivity contribution in [3.8, 4) is 0 Å². The summed E-state index contributed by atoms with van der Waals surface area (Å²) in [5.74, 6) is 0.951. The first-order valence-electron chi connectivity index (χ1n) is 6.88.